The van der Waals surface area contributed by atoms with E-state index in [0.717, 1.165) is 26.2 Å². The molecule has 0 aliphatic carbocycles. The normalized spacial score (nSPS) is 16.7. The zero-order chi connectivity index (χ0) is 13.1. The first-order chi connectivity index (χ1) is 9.33. The summed E-state index contributed by atoms with van der Waals surface area (Å²) in [6.45, 7) is 4.62. The van der Waals surface area contributed by atoms with Crippen LogP contribution >= 0.6 is 0 Å². The number of nitrogens with one attached hydrogen (secondary N) is 1. The zero-order valence-electron chi connectivity index (χ0n) is 10.6. The van der Waals surface area contributed by atoms with E-state index in [1.807, 2.05) is 0 Å². The van der Waals surface area contributed by atoms with Crippen LogP contribution in [-0.2, 0) is 6.54 Å². The second-order valence-electron chi connectivity index (χ2n) is 4.62. The highest BCUT2D eigenvalue weighted by molar-refractivity contribution is 5.56. The van der Waals surface area contributed by atoms with Gasteiger partial charge in [-0.15, -0.1) is 0 Å². The van der Waals surface area contributed by atoms with E-state index in [0.29, 0.717) is 23.8 Å². The predicted octanol–water partition coefficient (Wildman–Crippen LogP) is 1.89. The van der Waals surface area contributed by atoms with Crippen molar-refractivity contribution < 1.29 is 8.81 Å². The molecular formula is C14H16FN3O. The van der Waals surface area contributed by atoms with Crippen LogP contribution in [0, 0.1) is 5.82 Å². The van der Waals surface area contributed by atoms with Crippen molar-refractivity contribution in [2.75, 3.05) is 26.2 Å². The van der Waals surface area contributed by atoms with Gasteiger partial charge in [0.05, 0.1) is 18.3 Å². The van der Waals surface area contributed by atoms with Crippen molar-refractivity contribution in [1.29, 1.82) is 0 Å². The molecule has 1 aliphatic rings. The summed E-state index contributed by atoms with van der Waals surface area (Å²) in [6.07, 6.45) is 1.59. The zero-order valence-corrected chi connectivity index (χ0v) is 10.6. The Hall–Kier alpha value is -1.72. The van der Waals surface area contributed by atoms with Crippen molar-refractivity contribution in [3.8, 4) is 11.3 Å². The molecule has 0 saturated carbocycles. The molecule has 1 aliphatic heterocycles. The number of piperazine rings is 1. The van der Waals surface area contributed by atoms with Gasteiger partial charge in [-0.1, -0.05) is 12.1 Å². The number of oxazole rings is 1. The Morgan fingerprint density at radius 2 is 2.05 bits per heavy atom. The lowest BCUT2D eigenvalue weighted by Gasteiger charge is -2.25. The Morgan fingerprint density at radius 1 is 1.26 bits per heavy atom. The number of hydrogen-bond donors (Lipinski definition) is 1. The van der Waals surface area contributed by atoms with Crippen molar-refractivity contribution in [1.82, 2.24) is 15.2 Å². The third-order valence-electron chi connectivity index (χ3n) is 3.26. The molecule has 0 amide bonds. The van der Waals surface area contributed by atoms with Crippen LogP contribution < -0.4 is 5.32 Å². The lowest BCUT2D eigenvalue weighted by Crippen LogP contribution is -2.42. The molecule has 1 fully saturated rings. The third-order valence-corrected chi connectivity index (χ3v) is 3.26. The van der Waals surface area contributed by atoms with Gasteiger partial charge in [-0.25, -0.2) is 9.37 Å². The Labute approximate surface area is 111 Å². The lowest BCUT2D eigenvalue weighted by molar-refractivity contribution is 0.213. The molecule has 100 valence electrons. The van der Waals surface area contributed by atoms with E-state index in [9.17, 15) is 4.39 Å². The summed E-state index contributed by atoms with van der Waals surface area (Å²) in [4.78, 5) is 6.50. The van der Waals surface area contributed by atoms with Gasteiger partial charge in [0.25, 0.3) is 0 Å². The molecule has 3 rings (SSSR count). The SMILES string of the molecule is Fc1ccccc1-c1cnc(CN2CCNCC2)o1. The van der Waals surface area contributed by atoms with Crippen LogP contribution in [0.3, 0.4) is 0 Å². The minimum Gasteiger partial charge on any atom is -0.439 e. The van der Waals surface area contributed by atoms with Crippen molar-refractivity contribution >= 4 is 0 Å². The van der Waals surface area contributed by atoms with Gasteiger partial charge in [-0.2, -0.15) is 0 Å². The largest absolute Gasteiger partial charge is 0.439 e. The second kappa shape index (κ2) is 5.50. The number of hydrogen-bond acceptors (Lipinski definition) is 4. The minimum atomic E-state index is -0.285. The molecule has 0 radical (unpaired) electrons. The summed E-state index contributed by atoms with van der Waals surface area (Å²) >= 11 is 0. The fraction of sp³-hybridized carbons (Fsp3) is 0.357. The second-order valence-corrected chi connectivity index (χ2v) is 4.62. The molecule has 0 bridgehead atoms. The van der Waals surface area contributed by atoms with Crippen LogP contribution in [0.25, 0.3) is 11.3 Å². The van der Waals surface area contributed by atoms with E-state index < -0.39 is 0 Å². The molecule has 2 aromatic rings. The van der Waals surface area contributed by atoms with Crippen molar-refractivity contribution in [2.24, 2.45) is 0 Å². The van der Waals surface area contributed by atoms with Crippen LogP contribution in [0.1, 0.15) is 5.89 Å². The molecule has 1 saturated heterocycles. The maximum Gasteiger partial charge on any atom is 0.209 e. The molecule has 1 aromatic heterocycles. The fourth-order valence-corrected chi connectivity index (χ4v) is 2.23. The van der Waals surface area contributed by atoms with Gasteiger partial charge in [0.1, 0.15) is 5.82 Å². The molecule has 0 unspecified atom stereocenters. The summed E-state index contributed by atoms with van der Waals surface area (Å²) < 4.78 is 19.3. The van der Waals surface area contributed by atoms with Gasteiger partial charge in [-0.05, 0) is 12.1 Å². The number of rotatable bonds is 3. The summed E-state index contributed by atoms with van der Waals surface area (Å²) in [5.41, 5.74) is 0.460. The van der Waals surface area contributed by atoms with Crippen LogP contribution in [0.5, 0.6) is 0 Å². The molecule has 1 N–H and O–H groups in total. The smallest absolute Gasteiger partial charge is 0.209 e. The van der Waals surface area contributed by atoms with E-state index in [1.54, 1.807) is 24.4 Å². The van der Waals surface area contributed by atoms with Gasteiger partial charge in [0.15, 0.2) is 5.76 Å². The van der Waals surface area contributed by atoms with Gasteiger partial charge >= 0.3 is 0 Å². The van der Waals surface area contributed by atoms with Crippen LogP contribution in [0.4, 0.5) is 4.39 Å². The highest BCUT2D eigenvalue weighted by Crippen LogP contribution is 2.23. The standard InChI is InChI=1S/C14H16FN3O/c15-12-4-2-1-3-11(12)13-9-17-14(19-13)10-18-7-5-16-6-8-18/h1-4,9,16H,5-8,10H2. The van der Waals surface area contributed by atoms with Gasteiger partial charge in [0.2, 0.25) is 5.89 Å². The number of aromatic nitrogens is 1. The van der Waals surface area contributed by atoms with Crippen LogP contribution in [0.15, 0.2) is 34.9 Å². The van der Waals surface area contributed by atoms with Gasteiger partial charge in [0, 0.05) is 26.2 Å². The topological polar surface area (TPSA) is 41.3 Å². The summed E-state index contributed by atoms with van der Waals surface area (Å²) in [7, 11) is 0. The Morgan fingerprint density at radius 3 is 2.84 bits per heavy atom. The fourth-order valence-electron chi connectivity index (χ4n) is 2.23. The maximum atomic E-state index is 13.6. The van der Waals surface area contributed by atoms with E-state index in [1.165, 1.54) is 6.07 Å². The molecule has 0 atom stereocenters. The van der Waals surface area contributed by atoms with Gasteiger partial charge < -0.3 is 9.73 Å². The van der Waals surface area contributed by atoms with Gasteiger partial charge in [-0.3, -0.25) is 4.90 Å². The summed E-state index contributed by atoms with van der Waals surface area (Å²) in [6, 6.07) is 6.58. The van der Waals surface area contributed by atoms with E-state index in [-0.39, 0.29) is 5.82 Å². The maximum absolute atomic E-state index is 13.6. The van der Waals surface area contributed by atoms with E-state index >= 15 is 0 Å². The number of benzene rings is 1. The molecule has 2 heterocycles. The van der Waals surface area contributed by atoms with Crippen molar-refractivity contribution in [3.05, 3.63) is 42.2 Å². The first kappa shape index (κ1) is 12.3. The lowest BCUT2D eigenvalue weighted by atomic mass is 10.2. The van der Waals surface area contributed by atoms with Crippen LogP contribution in [0.2, 0.25) is 0 Å². The molecule has 1 aromatic carbocycles. The Bertz CT molecular complexity index is 549. The summed E-state index contributed by atoms with van der Waals surface area (Å²) in [5, 5.41) is 3.30. The monoisotopic (exact) mass is 261 g/mol. The first-order valence-electron chi connectivity index (χ1n) is 6.45. The molecule has 19 heavy (non-hydrogen) atoms. The first-order valence-corrected chi connectivity index (χ1v) is 6.45. The third kappa shape index (κ3) is 2.83. The number of nitrogens with zero attached hydrogens (tertiary/aromatic N) is 2. The minimum absolute atomic E-state index is 0.285. The Kier molecular flexibility index (Phi) is 3.57. The predicted molar refractivity (Wildman–Crippen MR) is 70.0 cm³/mol. The van der Waals surface area contributed by atoms with E-state index in [4.69, 9.17) is 4.42 Å². The molecule has 4 nitrogen and oxygen atoms in total. The average molecular weight is 261 g/mol. The Balaban J connectivity index is 1.74. The average Bonchev–Trinajstić information content (AvgIpc) is 2.89. The quantitative estimate of drug-likeness (QED) is 0.916. The highest BCUT2D eigenvalue weighted by atomic mass is 19.1. The highest BCUT2D eigenvalue weighted by Gasteiger charge is 2.15. The van der Waals surface area contributed by atoms with Crippen LogP contribution in [-0.4, -0.2) is 36.1 Å². The molecule has 5 heteroatoms. The van der Waals surface area contributed by atoms with Crippen molar-refractivity contribution in [2.45, 2.75) is 6.54 Å². The van der Waals surface area contributed by atoms with Crippen molar-refractivity contribution in [3.63, 3.8) is 0 Å². The number of halogens is 1. The molecule has 0 spiro atoms. The molecular weight excluding hydrogens is 245 g/mol. The van der Waals surface area contributed by atoms with E-state index in [2.05, 4.69) is 15.2 Å². The summed E-state index contributed by atoms with van der Waals surface area (Å²) in [5.74, 6) is 0.843.